The average Bonchev–Trinajstić information content (AvgIpc) is 4.14. The molecule has 10 heteroatoms. The standard InChI is InChI=1S/C50H40N4O6/c55-28-42-47(56)48(57)49(58)50(60-42)59-33-18-16-32(17-19-33)46-40-26-24-38(53-40)44(30-12-6-2-7-13-30)36-22-20-34(51-36)43(29-10-4-1-5-11-29)35-21-23-37(52-35)45(31-14-8-3-9-15-31)39-25-27-41(46)54-39/h1-27,42,47-51,54-58H,28H2/t42?,47-,48?,49?,50+/m1/s1. The summed E-state index contributed by atoms with van der Waals surface area (Å²) in [5, 5.41) is 40.9. The van der Waals surface area contributed by atoms with Gasteiger partial charge in [0.1, 0.15) is 30.2 Å². The Kier molecular flexibility index (Phi) is 9.77. The molecule has 7 aromatic rings. The number of aromatic nitrogens is 4. The number of fused-ring (bicyclic) bond motifs is 8. The zero-order chi connectivity index (χ0) is 40.7. The summed E-state index contributed by atoms with van der Waals surface area (Å²) in [5.74, 6) is 0.354. The number of aromatic amines is 2. The molecule has 60 heavy (non-hydrogen) atoms. The molecule has 10 nitrogen and oxygen atoms in total. The molecule has 3 aromatic heterocycles. The third-order valence-corrected chi connectivity index (χ3v) is 11.2. The highest BCUT2D eigenvalue weighted by Crippen LogP contribution is 2.39. The van der Waals surface area contributed by atoms with Crippen molar-refractivity contribution in [3.8, 4) is 50.3 Å². The van der Waals surface area contributed by atoms with Gasteiger partial charge < -0.3 is 39.9 Å². The molecule has 4 aromatic carbocycles. The van der Waals surface area contributed by atoms with E-state index in [4.69, 9.17) is 19.4 Å². The van der Waals surface area contributed by atoms with E-state index in [1.165, 1.54) is 0 Å². The lowest BCUT2D eigenvalue weighted by molar-refractivity contribution is -0.277. The molecule has 5 atom stereocenters. The Bertz CT molecular complexity index is 2890. The monoisotopic (exact) mass is 792 g/mol. The molecule has 3 unspecified atom stereocenters. The van der Waals surface area contributed by atoms with Gasteiger partial charge in [-0.3, -0.25) is 0 Å². The molecule has 1 fully saturated rings. The minimum Gasteiger partial charge on any atom is -0.462 e. The Labute approximate surface area is 345 Å². The highest BCUT2D eigenvalue weighted by molar-refractivity contribution is 5.99. The van der Waals surface area contributed by atoms with E-state index in [1.54, 1.807) is 12.1 Å². The van der Waals surface area contributed by atoms with E-state index in [9.17, 15) is 20.4 Å². The molecule has 0 spiro atoms. The number of benzene rings is 4. The number of aliphatic hydroxyl groups excluding tert-OH is 4. The van der Waals surface area contributed by atoms with Gasteiger partial charge in [-0.1, -0.05) is 103 Å². The van der Waals surface area contributed by atoms with Gasteiger partial charge in [0.2, 0.25) is 6.29 Å². The number of aliphatic hydroxyl groups is 4. The lowest BCUT2D eigenvalue weighted by Gasteiger charge is -2.39. The van der Waals surface area contributed by atoms with E-state index < -0.39 is 37.3 Å². The van der Waals surface area contributed by atoms with E-state index in [0.29, 0.717) is 5.75 Å². The van der Waals surface area contributed by atoms with Crippen LogP contribution in [0.1, 0.15) is 22.8 Å². The first-order valence-electron chi connectivity index (χ1n) is 19.8. The molecule has 6 N–H and O–H groups in total. The van der Waals surface area contributed by atoms with Crippen LogP contribution in [-0.2, 0) is 4.74 Å². The Morgan fingerprint density at radius 2 is 0.817 bits per heavy atom. The second-order valence-electron chi connectivity index (χ2n) is 14.9. The van der Waals surface area contributed by atoms with Crippen LogP contribution in [0.4, 0.5) is 0 Å². The maximum absolute atomic E-state index is 10.6. The summed E-state index contributed by atoms with van der Waals surface area (Å²) in [5.41, 5.74) is 14.3. The number of H-pyrrole nitrogens is 2. The fourth-order valence-corrected chi connectivity index (χ4v) is 8.23. The first-order valence-corrected chi connectivity index (χ1v) is 19.8. The molecule has 0 radical (unpaired) electrons. The van der Waals surface area contributed by atoms with Crippen LogP contribution in [0, 0.1) is 0 Å². The molecular weight excluding hydrogens is 753 g/mol. The van der Waals surface area contributed by atoms with Gasteiger partial charge in [0.15, 0.2) is 0 Å². The summed E-state index contributed by atoms with van der Waals surface area (Å²) in [6.45, 7) is -0.553. The number of ether oxygens (including phenoxy) is 2. The van der Waals surface area contributed by atoms with Gasteiger partial charge in [0.05, 0.1) is 29.4 Å². The molecule has 6 heterocycles. The average molecular weight is 793 g/mol. The van der Waals surface area contributed by atoms with Crippen LogP contribution < -0.4 is 4.74 Å². The fraction of sp³-hybridized carbons (Fsp3) is 0.120. The normalized spacial score (nSPS) is 19.7. The topological polar surface area (TPSA) is 157 Å². The number of hydrogen-bond acceptors (Lipinski definition) is 8. The summed E-state index contributed by atoms with van der Waals surface area (Å²) in [4.78, 5) is 18.2. The van der Waals surface area contributed by atoms with E-state index in [-0.39, 0.29) is 0 Å². The largest absolute Gasteiger partial charge is 0.462 e. The highest BCUT2D eigenvalue weighted by atomic mass is 16.7. The predicted octanol–water partition coefficient (Wildman–Crippen LogP) is 8.50. The van der Waals surface area contributed by atoms with Crippen molar-refractivity contribution in [3.63, 3.8) is 0 Å². The van der Waals surface area contributed by atoms with Crippen molar-refractivity contribution in [1.29, 1.82) is 0 Å². The minimum absolute atomic E-state index is 0.354. The van der Waals surface area contributed by atoms with Gasteiger partial charge in [-0.2, -0.15) is 0 Å². The van der Waals surface area contributed by atoms with Crippen molar-refractivity contribution in [3.05, 3.63) is 162 Å². The molecular formula is C50H40N4O6. The van der Waals surface area contributed by atoms with Gasteiger partial charge in [0, 0.05) is 44.3 Å². The Morgan fingerprint density at radius 1 is 0.450 bits per heavy atom. The van der Waals surface area contributed by atoms with E-state index in [1.807, 2.05) is 78.9 Å². The summed E-state index contributed by atoms with van der Waals surface area (Å²) < 4.78 is 11.6. The third kappa shape index (κ3) is 6.82. The predicted molar refractivity (Wildman–Crippen MR) is 235 cm³/mol. The zero-order valence-electron chi connectivity index (χ0n) is 32.2. The van der Waals surface area contributed by atoms with Crippen LogP contribution in [0.5, 0.6) is 5.75 Å². The van der Waals surface area contributed by atoms with Crippen LogP contribution in [-0.4, -0.2) is 77.7 Å². The van der Waals surface area contributed by atoms with Crippen molar-refractivity contribution >= 4 is 46.4 Å². The van der Waals surface area contributed by atoms with E-state index in [0.717, 1.165) is 89.4 Å². The number of rotatable bonds is 7. The molecule has 3 aliphatic heterocycles. The summed E-state index contributed by atoms with van der Waals surface area (Å²) >= 11 is 0. The molecule has 296 valence electrons. The highest BCUT2D eigenvalue weighted by Gasteiger charge is 2.44. The zero-order valence-corrected chi connectivity index (χ0v) is 32.2. The van der Waals surface area contributed by atoms with Crippen LogP contribution in [0.15, 0.2) is 140 Å². The van der Waals surface area contributed by atoms with Crippen molar-refractivity contribution in [1.82, 2.24) is 19.9 Å². The molecule has 1 saturated heterocycles. The van der Waals surface area contributed by atoms with Gasteiger partial charge >= 0.3 is 0 Å². The first-order chi connectivity index (χ1) is 29.4. The van der Waals surface area contributed by atoms with Crippen LogP contribution in [0.2, 0.25) is 0 Å². The summed E-state index contributed by atoms with van der Waals surface area (Å²) in [6.07, 6.45) is 1.26. The summed E-state index contributed by atoms with van der Waals surface area (Å²) in [7, 11) is 0. The fourth-order valence-electron chi connectivity index (χ4n) is 8.23. The minimum atomic E-state index is -1.55. The second-order valence-corrected chi connectivity index (χ2v) is 14.9. The maximum Gasteiger partial charge on any atom is 0.229 e. The SMILES string of the molecule is OCC1O[C@H](Oc2ccc(-c3c4nc(c(-c5ccccc5)c5ccc([nH]5)c(-c5ccccc5)c5nc(c(-c6ccccc6)c6ccc3[nH]6)C=C5)C=C4)cc2)C(O)C(O)[C@@H]1O. The molecule has 3 aliphatic rings. The van der Waals surface area contributed by atoms with Crippen molar-refractivity contribution in [2.45, 2.75) is 30.7 Å². The summed E-state index contributed by atoms with van der Waals surface area (Å²) in [6, 6.07) is 46.4. The third-order valence-electron chi connectivity index (χ3n) is 11.2. The Morgan fingerprint density at radius 3 is 1.18 bits per heavy atom. The first kappa shape index (κ1) is 37.4. The van der Waals surface area contributed by atoms with Gasteiger partial charge in [-0.05, 0) is 83.0 Å². The van der Waals surface area contributed by atoms with Crippen molar-refractivity contribution < 1.29 is 29.9 Å². The quantitative estimate of drug-likeness (QED) is 0.0939. The molecule has 0 aliphatic carbocycles. The lowest BCUT2D eigenvalue weighted by Crippen LogP contribution is -2.60. The smallest absolute Gasteiger partial charge is 0.229 e. The maximum atomic E-state index is 10.6. The van der Waals surface area contributed by atoms with Crippen LogP contribution >= 0.6 is 0 Å². The lowest BCUT2D eigenvalue weighted by atomic mass is 9.99. The van der Waals surface area contributed by atoms with Crippen LogP contribution in [0.3, 0.4) is 0 Å². The Hall–Kier alpha value is -6.92. The molecule has 0 saturated carbocycles. The van der Waals surface area contributed by atoms with E-state index >= 15 is 0 Å². The molecule has 10 rings (SSSR count). The molecule has 8 bridgehead atoms. The van der Waals surface area contributed by atoms with Gasteiger partial charge in [-0.15, -0.1) is 0 Å². The number of nitrogens with one attached hydrogen (secondary N) is 2. The van der Waals surface area contributed by atoms with Gasteiger partial charge in [-0.25, -0.2) is 9.97 Å². The van der Waals surface area contributed by atoms with Crippen LogP contribution in [0.25, 0.3) is 90.9 Å². The van der Waals surface area contributed by atoms with E-state index in [2.05, 4.69) is 82.8 Å². The molecule has 0 amide bonds. The van der Waals surface area contributed by atoms with Crippen molar-refractivity contribution in [2.24, 2.45) is 0 Å². The number of hydrogen-bond donors (Lipinski definition) is 6. The second kappa shape index (κ2) is 15.7. The van der Waals surface area contributed by atoms with Crippen molar-refractivity contribution in [2.75, 3.05) is 6.61 Å². The number of nitrogens with zero attached hydrogens (tertiary/aromatic N) is 2. The Balaban J connectivity index is 1.23. The van der Waals surface area contributed by atoms with Gasteiger partial charge in [0.25, 0.3) is 0 Å².